The van der Waals surface area contributed by atoms with Crippen molar-refractivity contribution in [3.63, 3.8) is 0 Å². The standard InChI is InChI=1S/C15H21FN2O3S/c1-4-7-17-8-9-18(15(19)11(2)22(3,20)21)14-10-12(16)5-6-13(14)17/h5-6,10-11H,4,7-9H2,1-3H3/t11-/m0/s1. The van der Waals surface area contributed by atoms with Crippen LogP contribution in [-0.2, 0) is 14.6 Å². The summed E-state index contributed by atoms with van der Waals surface area (Å²) in [5, 5.41) is -1.14. The molecule has 0 bridgehead atoms. The lowest BCUT2D eigenvalue weighted by molar-refractivity contribution is -0.118. The largest absolute Gasteiger partial charge is 0.368 e. The van der Waals surface area contributed by atoms with Crippen molar-refractivity contribution in [1.82, 2.24) is 0 Å². The zero-order valence-corrected chi connectivity index (χ0v) is 13.9. The highest BCUT2D eigenvalue weighted by Crippen LogP contribution is 2.34. The van der Waals surface area contributed by atoms with Crippen molar-refractivity contribution >= 4 is 27.1 Å². The lowest BCUT2D eigenvalue weighted by Crippen LogP contribution is -2.48. The number of hydrogen-bond donors (Lipinski definition) is 0. The Labute approximate surface area is 130 Å². The number of carbonyl (C=O) groups excluding carboxylic acids is 1. The molecule has 1 aliphatic rings. The van der Waals surface area contributed by atoms with Crippen molar-refractivity contribution in [3.8, 4) is 0 Å². The first-order valence-electron chi connectivity index (χ1n) is 7.30. The SMILES string of the molecule is CCCN1CCN(C(=O)[C@H](C)S(C)(=O)=O)c2cc(F)ccc21. The predicted molar refractivity (Wildman–Crippen MR) is 85.6 cm³/mol. The van der Waals surface area contributed by atoms with Crippen LogP contribution in [0.5, 0.6) is 0 Å². The van der Waals surface area contributed by atoms with Crippen LogP contribution in [0.15, 0.2) is 18.2 Å². The zero-order chi connectivity index (χ0) is 16.5. The van der Waals surface area contributed by atoms with Gasteiger partial charge in [0.05, 0.1) is 11.4 Å². The summed E-state index contributed by atoms with van der Waals surface area (Å²) in [4.78, 5) is 16.0. The quantitative estimate of drug-likeness (QED) is 0.846. The van der Waals surface area contributed by atoms with E-state index < -0.39 is 26.8 Å². The predicted octanol–water partition coefficient (Wildman–Crippen LogP) is 1.82. The molecule has 0 spiro atoms. The molecule has 0 fully saturated rings. The summed E-state index contributed by atoms with van der Waals surface area (Å²) in [6, 6.07) is 4.30. The summed E-state index contributed by atoms with van der Waals surface area (Å²) in [5.74, 6) is -0.951. The van der Waals surface area contributed by atoms with E-state index in [1.165, 1.54) is 24.0 Å². The monoisotopic (exact) mass is 328 g/mol. The van der Waals surface area contributed by atoms with Crippen LogP contribution in [0, 0.1) is 5.82 Å². The maximum atomic E-state index is 13.6. The number of halogens is 1. The van der Waals surface area contributed by atoms with Gasteiger partial charge in [-0.15, -0.1) is 0 Å². The molecule has 0 unspecified atom stereocenters. The van der Waals surface area contributed by atoms with E-state index in [9.17, 15) is 17.6 Å². The van der Waals surface area contributed by atoms with Crippen LogP contribution in [0.4, 0.5) is 15.8 Å². The Morgan fingerprint density at radius 1 is 1.32 bits per heavy atom. The van der Waals surface area contributed by atoms with Crippen LogP contribution in [-0.4, -0.2) is 45.5 Å². The molecule has 0 saturated carbocycles. The molecule has 122 valence electrons. The first kappa shape index (κ1) is 16.7. The number of anilines is 2. The Bertz CT molecular complexity index is 675. The lowest BCUT2D eigenvalue weighted by Gasteiger charge is -2.38. The highest BCUT2D eigenvalue weighted by atomic mass is 32.2. The maximum Gasteiger partial charge on any atom is 0.245 e. The van der Waals surface area contributed by atoms with Crippen molar-refractivity contribution in [1.29, 1.82) is 0 Å². The molecule has 1 aromatic rings. The van der Waals surface area contributed by atoms with Gasteiger partial charge in [0.15, 0.2) is 9.84 Å². The first-order valence-corrected chi connectivity index (χ1v) is 9.26. The van der Waals surface area contributed by atoms with Crippen molar-refractivity contribution in [3.05, 3.63) is 24.0 Å². The van der Waals surface area contributed by atoms with E-state index in [1.807, 2.05) is 6.92 Å². The molecule has 0 aliphatic carbocycles. The van der Waals surface area contributed by atoms with Gasteiger partial charge in [0, 0.05) is 25.9 Å². The molecule has 7 heteroatoms. The van der Waals surface area contributed by atoms with Gasteiger partial charge in [-0.05, 0) is 31.5 Å². The maximum absolute atomic E-state index is 13.6. The normalized spacial score (nSPS) is 16.4. The van der Waals surface area contributed by atoms with E-state index in [1.54, 1.807) is 6.07 Å². The fourth-order valence-corrected chi connectivity index (χ4v) is 3.07. The number of sulfone groups is 1. The molecule has 1 heterocycles. The molecule has 2 rings (SSSR count). The molecule has 1 aromatic carbocycles. The Balaban J connectivity index is 2.41. The topological polar surface area (TPSA) is 57.7 Å². The van der Waals surface area contributed by atoms with Crippen molar-refractivity contribution < 1.29 is 17.6 Å². The van der Waals surface area contributed by atoms with Crippen LogP contribution in [0.1, 0.15) is 20.3 Å². The van der Waals surface area contributed by atoms with Crippen LogP contribution >= 0.6 is 0 Å². The van der Waals surface area contributed by atoms with Crippen LogP contribution in [0.3, 0.4) is 0 Å². The molecule has 1 aliphatic heterocycles. The highest BCUT2D eigenvalue weighted by molar-refractivity contribution is 7.92. The fourth-order valence-electron chi connectivity index (χ4n) is 2.58. The van der Waals surface area contributed by atoms with Gasteiger partial charge in [0.1, 0.15) is 11.1 Å². The fraction of sp³-hybridized carbons (Fsp3) is 0.533. The van der Waals surface area contributed by atoms with Gasteiger partial charge < -0.3 is 9.80 Å². The number of fused-ring (bicyclic) bond motifs is 1. The number of rotatable bonds is 4. The Hall–Kier alpha value is -1.63. The Morgan fingerprint density at radius 2 is 2.00 bits per heavy atom. The average molecular weight is 328 g/mol. The Morgan fingerprint density at radius 3 is 2.59 bits per heavy atom. The molecular weight excluding hydrogens is 307 g/mol. The molecule has 1 amide bonds. The molecule has 0 N–H and O–H groups in total. The minimum atomic E-state index is -3.49. The van der Waals surface area contributed by atoms with Crippen LogP contribution in [0.25, 0.3) is 0 Å². The third-order valence-electron chi connectivity index (χ3n) is 3.91. The number of hydrogen-bond acceptors (Lipinski definition) is 4. The molecule has 0 saturated heterocycles. The van der Waals surface area contributed by atoms with Gasteiger partial charge in [0.2, 0.25) is 5.91 Å². The number of amides is 1. The van der Waals surface area contributed by atoms with E-state index >= 15 is 0 Å². The van der Waals surface area contributed by atoms with Gasteiger partial charge in [0.25, 0.3) is 0 Å². The van der Waals surface area contributed by atoms with Crippen molar-refractivity contribution in [2.75, 3.05) is 35.7 Å². The summed E-state index contributed by atoms with van der Waals surface area (Å²) < 4.78 is 36.9. The summed E-state index contributed by atoms with van der Waals surface area (Å²) in [5.41, 5.74) is 1.21. The second kappa shape index (κ2) is 6.24. The summed E-state index contributed by atoms with van der Waals surface area (Å²) in [7, 11) is -3.49. The minimum Gasteiger partial charge on any atom is -0.368 e. The van der Waals surface area contributed by atoms with E-state index in [4.69, 9.17) is 0 Å². The van der Waals surface area contributed by atoms with Crippen LogP contribution < -0.4 is 9.80 Å². The van der Waals surface area contributed by atoms with Gasteiger partial charge >= 0.3 is 0 Å². The van der Waals surface area contributed by atoms with Gasteiger partial charge in [-0.2, -0.15) is 0 Å². The number of carbonyl (C=O) groups is 1. The summed E-state index contributed by atoms with van der Waals surface area (Å²) in [6.45, 7) is 5.19. The van der Waals surface area contributed by atoms with E-state index in [-0.39, 0.29) is 0 Å². The second-order valence-electron chi connectivity index (χ2n) is 5.58. The third-order valence-corrected chi connectivity index (χ3v) is 5.40. The van der Waals surface area contributed by atoms with E-state index in [0.717, 1.165) is 24.9 Å². The van der Waals surface area contributed by atoms with Crippen molar-refractivity contribution in [2.45, 2.75) is 25.5 Å². The Kier molecular flexibility index (Phi) is 4.75. The molecule has 22 heavy (non-hydrogen) atoms. The number of nitrogens with zero attached hydrogens (tertiary/aromatic N) is 2. The smallest absolute Gasteiger partial charge is 0.245 e. The molecule has 0 radical (unpaired) electrons. The van der Waals surface area contributed by atoms with Crippen LogP contribution in [0.2, 0.25) is 0 Å². The second-order valence-corrected chi connectivity index (χ2v) is 7.95. The lowest BCUT2D eigenvalue weighted by atomic mass is 10.1. The average Bonchev–Trinajstić information content (AvgIpc) is 2.45. The first-order chi connectivity index (χ1) is 10.3. The molecule has 0 aromatic heterocycles. The summed E-state index contributed by atoms with van der Waals surface area (Å²) in [6.07, 6.45) is 1.97. The summed E-state index contributed by atoms with van der Waals surface area (Å²) >= 11 is 0. The zero-order valence-electron chi connectivity index (χ0n) is 13.0. The molecule has 1 atom stereocenters. The molecule has 5 nitrogen and oxygen atoms in total. The van der Waals surface area contributed by atoms with Gasteiger partial charge in [-0.1, -0.05) is 6.92 Å². The number of benzene rings is 1. The third kappa shape index (κ3) is 3.24. The minimum absolute atomic E-state index is 0.356. The van der Waals surface area contributed by atoms with Gasteiger partial charge in [-0.3, -0.25) is 4.79 Å². The van der Waals surface area contributed by atoms with E-state index in [0.29, 0.717) is 18.8 Å². The van der Waals surface area contributed by atoms with E-state index in [2.05, 4.69) is 4.90 Å². The van der Waals surface area contributed by atoms with Gasteiger partial charge in [-0.25, -0.2) is 12.8 Å². The highest BCUT2D eigenvalue weighted by Gasteiger charge is 2.33. The molecular formula is C15H21FN2O3S. The van der Waals surface area contributed by atoms with Crippen molar-refractivity contribution in [2.24, 2.45) is 0 Å².